The van der Waals surface area contributed by atoms with E-state index >= 15 is 0 Å². The zero-order chi connectivity index (χ0) is 35.5. The third-order valence-corrected chi connectivity index (χ3v) is 8.64. The molecule has 2 aliphatic rings. The molecule has 19 nitrogen and oxygen atoms in total. The normalized spacial score (nSPS) is 19.2. The number of fused-ring (bicyclic) bond motifs is 1. The minimum Gasteiger partial charge on any atom is -0.489 e. The van der Waals surface area contributed by atoms with Crippen LogP contribution in [0.5, 0.6) is 5.75 Å². The molecule has 264 valence electrons. The van der Waals surface area contributed by atoms with Crippen molar-refractivity contribution < 1.29 is 55.7 Å². The lowest BCUT2D eigenvalue weighted by Crippen LogP contribution is -2.76. The topological polar surface area (TPSA) is 264 Å². The predicted octanol–water partition coefficient (Wildman–Crippen LogP) is -0.678. The molecule has 49 heavy (non-hydrogen) atoms. The van der Waals surface area contributed by atoms with Crippen molar-refractivity contribution in [3.8, 4) is 16.9 Å². The number of carboxylic acid groups (broad SMARTS) is 1. The second-order valence-corrected chi connectivity index (χ2v) is 13.5. The van der Waals surface area contributed by atoms with Gasteiger partial charge in [-0.05, 0) is 44.5 Å². The molecule has 5 rings (SSSR count). The predicted molar refractivity (Wildman–Crippen MR) is 170 cm³/mol. The van der Waals surface area contributed by atoms with E-state index in [1.54, 1.807) is 12.1 Å². The third kappa shape index (κ3) is 8.32. The van der Waals surface area contributed by atoms with E-state index in [1.165, 1.54) is 19.2 Å². The Morgan fingerprint density at radius 1 is 1.27 bits per heavy atom. The van der Waals surface area contributed by atoms with E-state index in [9.17, 15) is 27.9 Å². The Morgan fingerprint density at radius 3 is 2.59 bits per heavy atom. The minimum atomic E-state index is -5.02. The van der Waals surface area contributed by atoms with E-state index in [0.29, 0.717) is 24.0 Å². The average Bonchev–Trinajstić information content (AvgIpc) is 3.75. The Labute approximate surface area is 283 Å². The number of oxime groups is 1. The van der Waals surface area contributed by atoms with Gasteiger partial charge in [0.15, 0.2) is 17.4 Å². The van der Waals surface area contributed by atoms with Gasteiger partial charge in [0.05, 0.1) is 17.3 Å². The number of carbonyl (C=O) groups excluding carboxylic acids is 2. The number of rotatable bonds is 16. The van der Waals surface area contributed by atoms with Gasteiger partial charge < -0.3 is 36.2 Å². The maximum Gasteiger partial charge on any atom is 0.418 e. The summed E-state index contributed by atoms with van der Waals surface area (Å²) in [5.74, 6) is -3.11. The van der Waals surface area contributed by atoms with E-state index in [4.69, 9.17) is 30.3 Å². The molecule has 1 saturated heterocycles. The number of nitrogen functional groups attached to an aromatic ring is 1. The van der Waals surface area contributed by atoms with Crippen molar-refractivity contribution in [2.75, 3.05) is 25.5 Å². The highest BCUT2D eigenvalue weighted by Gasteiger charge is 2.58. The molecule has 0 spiro atoms. The first-order valence-electron chi connectivity index (χ1n) is 14.8. The Morgan fingerprint density at radius 2 is 2.00 bits per heavy atom. The highest BCUT2D eigenvalue weighted by Crippen LogP contribution is 2.33. The number of ether oxygens (including phenoxy) is 2. The largest absolute Gasteiger partial charge is 0.489 e. The van der Waals surface area contributed by atoms with E-state index in [0.717, 1.165) is 42.0 Å². The first kappa shape index (κ1) is 35.6. The molecule has 1 fully saturated rings. The Balaban J connectivity index is 1.21. The van der Waals surface area contributed by atoms with Crippen molar-refractivity contribution >= 4 is 50.4 Å². The fourth-order valence-corrected chi connectivity index (χ4v) is 6.08. The number of hydroxylamine groups is 2. The van der Waals surface area contributed by atoms with Crippen LogP contribution >= 0.6 is 11.3 Å². The van der Waals surface area contributed by atoms with Crippen LogP contribution in [0.2, 0.25) is 0 Å². The molecule has 2 atom stereocenters. The van der Waals surface area contributed by atoms with Crippen LogP contribution in [0.4, 0.5) is 5.13 Å². The second-order valence-electron chi connectivity index (χ2n) is 11.6. The number of aromatic nitrogens is 3. The van der Waals surface area contributed by atoms with Crippen molar-refractivity contribution in [1.82, 2.24) is 20.0 Å². The van der Waals surface area contributed by atoms with Crippen molar-refractivity contribution in [3.05, 3.63) is 47.7 Å². The summed E-state index contributed by atoms with van der Waals surface area (Å²) in [5, 5.41) is 17.7. The van der Waals surface area contributed by atoms with Crippen molar-refractivity contribution in [3.63, 3.8) is 0 Å². The molecule has 1 unspecified atom stereocenters. The van der Waals surface area contributed by atoms with Crippen LogP contribution in [0.25, 0.3) is 11.1 Å². The molecule has 0 bridgehead atoms. The summed E-state index contributed by atoms with van der Waals surface area (Å²) in [6, 6.07) is 5.67. The Hall–Kier alpha value is -4.67. The molecular weight excluding hydrogens is 688 g/mol. The SMILES string of the molecule is CC1(C)C(NC(=O)/C(=N\O[C@@H](COc2ccc(-c3cn4[n+](c3)CC(OCCCN)C4)cc2)C(=O)O)c2csc(N)n2)C(=O)N1OS(=O)(=O)O. The number of hydrogen-bond donors (Lipinski definition) is 5. The Kier molecular flexibility index (Phi) is 10.5. The van der Waals surface area contributed by atoms with Crippen LogP contribution in [-0.4, -0.2) is 99.8 Å². The highest BCUT2D eigenvalue weighted by atomic mass is 32.3. The van der Waals surface area contributed by atoms with E-state index in [1.807, 2.05) is 24.5 Å². The van der Waals surface area contributed by atoms with Crippen LogP contribution in [-0.2, 0) is 51.7 Å². The summed E-state index contributed by atoms with van der Waals surface area (Å²) < 4.78 is 51.1. The van der Waals surface area contributed by atoms with Gasteiger partial charge in [-0.15, -0.1) is 20.3 Å². The van der Waals surface area contributed by atoms with Crippen LogP contribution < -0.4 is 26.2 Å². The maximum absolute atomic E-state index is 13.2. The molecule has 21 heteroatoms. The highest BCUT2D eigenvalue weighted by molar-refractivity contribution is 7.80. The van der Waals surface area contributed by atoms with Crippen LogP contribution in [0.1, 0.15) is 26.0 Å². The van der Waals surface area contributed by atoms with Gasteiger partial charge in [-0.3, -0.25) is 14.1 Å². The number of nitrogens with zero attached hydrogens (tertiary/aromatic N) is 5. The van der Waals surface area contributed by atoms with Gasteiger partial charge in [-0.25, -0.2) is 9.78 Å². The summed E-state index contributed by atoms with van der Waals surface area (Å²) >= 11 is 0.961. The molecule has 0 radical (unpaired) electrons. The molecule has 0 aliphatic carbocycles. The lowest BCUT2D eigenvalue weighted by molar-refractivity contribution is -0.760. The average molecular weight is 724 g/mol. The van der Waals surface area contributed by atoms with Gasteiger partial charge in [-0.2, -0.15) is 18.2 Å². The molecule has 7 N–H and O–H groups in total. The number of carboxylic acids is 1. The van der Waals surface area contributed by atoms with E-state index in [-0.39, 0.29) is 16.9 Å². The number of amides is 2. The summed E-state index contributed by atoms with van der Waals surface area (Å²) in [6.45, 7) is 4.90. The lowest BCUT2D eigenvalue weighted by atomic mass is 9.84. The second kappa shape index (κ2) is 14.4. The number of hydrogen-bond acceptors (Lipinski definition) is 14. The fraction of sp³-hybridized carbons (Fsp3) is 0.429. The molecule has 1 aromatic carbocycles. The molecule has 0 saturated carbocycles. The molecule has 2 amide bonds. The number of thiazole rings is 1. The molecule has 2 aromatic heterocycles. The van der Waals surface area contributed by atoms with Crippen LogP contribution in [0.15, 0.2) is 47.2 Å². The van der Waals surface area contributed by atoms with Crippen LogP contribution in [0, 0.1) is 0 Å². The number of carbonyl (C=O) groups is 3. The standard InChI is InChI=1S/C28H34N8O11S2/c1-28(2)23(25(38)36(28)47-49(41,42)43)32-24(37)22(20-15-48-27(30)31-20)33-46-21(26(39)40)14-45-18-6-4-16(5-7-18)17-10-34-12-19(13-35(34)11-17)44-9-3-8-29/h4-7,10-11,15,19,21,23H,3,8-9,12-14,29H2,1-2H3,(H4-,30,31,32,37,39,40,41,42,43)/p+1/b33-22-/t21-,23?/m0/s1. The maximum atomic E-state index is 13.2. The number of nitrogens with two attached hydrogens (primary N) is 2. The number of β-lactam (4-membered cyclic amide) rings is 1. The van der Waals surface area contributed by atoms with Gasteiger partial charge >= 0.3 is 16.4 Å². The first-order valence-corrected chi connectivity index (χ1v) is 17.1. The first-order chi connectivity index (χ1) is 23.2. The summed E-state index contributed by atoms with van der Waals surface area (Å²) in [5.41, 5.74) is 11.1. The van der Waals surface area contributed by atoms with Crippen LogP contribution in [0.3, 0.4) is 0 Å². The quantitative estimate of drug-likeness (QED) is 0.0306. The molecule has 3 aromatic rings. The van der Waals surface area contributed by atoms with E-state index < -0.39 is 58.2 Å². The van der Waals surface area contributed by atoms with Gasteiger partial charge in [0.25, 0.3) is 17.9 Å². The number of aliphatic carboxylic acids is 1. The number of anilines is 1. The summed E-state index contributed by atoms with van der Waals surface area (Å²) in [7, 11) is -5.02. The third-order valence-electron chi connectivity index (χ3n) is 7.63. The number of benzene rings is 1. The van der Waals surface area contributed by atoms with Crippen molar-refractivity contribution in [1.29, 1.82) is 0 Å². The summed E-state index contributed by atoms with van der Waals surface area (Å²) in [4.78, 5) is 47.0. The monoisotopic (exact) mass is 723 g/mol. The van der Waals surface area contributed by atoms with Gasteiger partial charge in [0, 0.05) is 12.0 Å². The van der Waals surface area contributed by atoms with Gasteiger partial charge in [0.1, 0.15) is 36.7 Å². The number of nitrogens with one attached hydrogen (secondary N) is 1. The smallest absolute Gasteiger partial charge is 0.418 e. The van der Waals surface area contributed by atoms with E-state index in [2.05, 4.69) is 29.1 Å². The molecule has 2 aliphatic heterocycles. The molecule has 4 heterocycles. The van der Waals surface area contributed by atoms with Crippen molar-refractivity contribution in [2.24, 2.45) is 10.9 Å². The zero-order valence-corrected chi connectivity index (χ0v) is 27.9. The summed E-state index contributed by atoms with van der Waals surface area (Å²) in [6.07, 6.45) is 3.26. The zero-order valence-electron chi connectivity index (χ0n) is 26.3. The minimum absolute atomic E-state index is 0.0601. The van der Waals surface area contributed by atoms with Gasteiger partial charge in [-0.1, -0.05) is 17.3 Å². The van der Waals surface area contributed by atoms with Crippen molar-refractivity contribution in [2.45, 2.75) is 57.1 Å². The Bertz CT molecular complexity index is 1820. The van der Waals surface area contributed by atoms with Gasteiger partial charge in [0.2, 0.25) is 6.20 Å². The fourth-order valence-electron chi connectivity index (χ4n) is 5.08. The molecular formula is C28H35N8O11S2+. The lowest BCUT2D eigenvalue weighted by Gasteiger charge is -2.50.